The summed E-state index contributed by atoms with van der Waals surface area (Å²) in [6.07, 6.45) is 0. The van der Waals surface area contributed by atoms with Crippen molar-refractivity contribution in [3.05, 3.63) is 181 Å². The van der Waals surface area contributed by atoms with Crippen molar-refractivity contribution in [2.75, 3.05) is 4.90 Å². The third-order valence-electron chi connectivity index (χ3n) is 11.5. The maximum absolute atomic E-state index is 2.48. The zero-order valence-electron chi connectivity index (χ0n) is 28.6. The molecule has 11 rings (SSSR count). The largest absolute Gasteiger partial charge is 0.310 e. The van der Waals surface area contributed by atoms with Crippen LogP contribution in [-0.2, 0) is 5.41 Å². The van der Waals surface area contributed by atoms with Crippen molar-refractivity contribution >= 4 is 49.6 Å². The Morgan fingerprint density at radius 1 is 0.392 bits per heavy atom. The summed E-state index contributed by atoms with van der Waals surface area (Å²) >= 11 is 0. The number of benzene rings is 8. The molecule has 0 spiro atoms. The first-order chi connectivity index (χ1) is 25.1. The second-order valence-corrected chi connectivity index (χ2v) is 14.5. The van der Waals surface area contributed by atoms with E-state index in [0.717, 1.165) is 22.7 Å². The topological polar surface area (TPSA) is 8.17 Å². The van der Waals surface area contributed by atoms with Gasteiger partial charge in [0.25, 0.3) is 0 Å². The number of fused-ring (bicyclic) bond motifs is 6. The van der Waals surface area contributed by atoms with Gasteiger partial charge in [0.1, 0.15) is 0 Å². The summed E-state index contributed by atoms with van der Waals surface area (Å²) in [5.74, 6) is 0. The van der Waals surface area contributed by atoms with Crippen LogP contribution >= 0.6 is 0 Å². The van der Waals surface area contributed by atoms with E-state index in [2.05, 4.69) is 193 Å². The fraction of sp³-hybridized carbons (Fsp3) is 0.0612. The van der Waals surface area contributed by atoms with Gasteiger partial charge >= 0.3 is 0 Å². The molecule has 51 heavy (non-hydrogen) atoms. The third kappa shape index (κ3) is 3.88. The summed E-state index contributed by atoms with van der Waals surface area (Å²) in [5.41, 5.74) is 17.6. The molecule has 0 radical (unpaired) electrons. The van der Waals surface area contributed by atoms with Gasteiger partial charge in [0.15, 0.2) is 0 Å². The molecule has 0 unspecified atom stereocenters. The molecule has 0 N–H and O–H groups in total. The Hall–Kier alpha value is -6.38. The summed E-state index contributed by atoms with van der Waals surface area (Å²) in [6, 6.07) is 62.9. The maximum atomic E-state index is 2.48. The molecule has 2 aliphatic rings. The monoisotopic (exact) mass is 650 g/mol. The average molecular weight is 651 g/mol. The Balaban J connectivity index is 1.16. The van der Waals surface area contributed by atoms with E-state index in [1.54, 1.807) is 0 Å². The Labute approximate surface area is 297 Å². The lowest BCUT2D eigenvalue weighted by Gasteiger charge is -2.27. The van der Waals surface area contributed by atoms with E-state index in [1.165, 1.54) is 77.1 Å². The lowest BCUT2D eigenvalue weighted by molar-refractivity contribution is 0.660. The average Bonchev–Trinajstić information content (AvgIpc) is 3.59. The van der Waals surface area contributed by atoms with Gasteiger partial charge in [-0.1, -0.05) is 129 Å². The lowest BCUT2D eigenvalue weighted by atomic mass is 9.82. The van der Waals surface area contributed by atoms with Crippen molar-refractivity contribution < 1.29 is 0 Å². The van der Waals surface area contributed by atoms with Gasteiger partial charge in [-0.05, 0) is 110 Å². The minimum absolute atomic E-state index is 0.0372. The van der Waals surface area contributed by atoms with Gasteiger partial charge in [-0.2, -0.15) is 0 Å². The van der Waals surface area contributed by atoms with Crippen LogP contribution < -0.4 is 4.90 Å². The van der Waals surface area contributed by atoms with Crippen LogP contribution in [0.25, 0.3) is 71.6 Å². The van der Waals surface area contributed by atoms with Crippen LogP contribution in [0.3, 0.4) is 0 Å². The lowest BCUT2D eigenvalue weighted by Crippen LogP contribution is -2.15. The second kappa shape index (κ2) is 10.3. The molecule has 9 aromatic rings. The van der Waals surface area contributed by atoms with Crippen LogP contribution in [0.4, 0.5) is 17.1 Å². The molecule has 0 saturated heterocycles. The van der Waals surface area contributed by atoms with E-state index in [9.17, 15) is 0 Å². The van der Waals surface area contributed by atoms with E-state index in [1.807, 2.05) is 0 Å². The second-order valence-electron chi connectivity index (χ2n) is 14.5. The standard InChI is InChI=1S/C49H34N2/c1-49(2)42-23-9-8-20-38(42)41-30-35(26-27-43(41)49)50(32-14-4-3-5-15-32)33-16-11-17-34(29-33)51-44-24-12-22-40-37-19-7-6-18-36(37)39-21-10-13-31-25-28-45(51)48(46(31)39)47(40)44/h3-30H,1-2H3. The van der Waals surface area contributed by atoms with Crippen molar-refractivity contribution in [3.8, 4) is 39.1 Å². The number of para-hydroxylation sites is 1. The predicted molar refractivity (Wildman–Crippen MR) is 215 cm³/mol. The molecule has 2 aliphatic carbocycles. The number of anilines is 3. The molecule has 1 heterocycles. The van der Waals surface area contributed by atoms with Crippen LogP contribution in [-0.4, -0.2) is 4.57 Å². The summed E-state index contributed by atoms with van der Waals surface area (Å²) in [4.78, 5) is 2.41. The Kier molecular flexibility index (Phi) is 5.76. The van der Waals surface area contributed by atoms with Crippen molar-refractivity contribution in [1.29, 1.82) is 0 Å². The van der Waals surface area contributed by atoms with Gasteiger partial charge in [-0.3, -0.25) is 0 Å². The highest BCUT2D eigenvalue weighted by Gasteiger charge is 2.35. The van der Waals surface area contributed by atoms with Crippen LogP contribution in [0.2, 0.25) is 0 Å². The molecule has 8 aromatic carbocycles. The molecule has 0 amide bonds. The van der Waals surface area contributed by atoms with Gasteiger partial charge < -0.3 is 9.47 Å². The Morgan fingerprint density at radius 2 is 1.00 bits per heavy atom. The van der Waals surface area contributed by atoms with Gasteiger partial charge in [0.2, 0.25) is 0 Å². The van der Waals surface area contributed by atoms with E-state index in [-0.39, 0.29) is 5.41 Å². The molecule has 2 nitrogen and oxygen atoms in total. The fourth-order valence-corrected chi connectivity index (χ4v) is 9.25. The number of nitrogens with zero attached hydrogens (tertiary/aromatic N) is 2. The zero-order chi connectivity index (χ0) is 33.8. The highest BCUT2D eigenvalue weighted by atomic mass is 15.1. The molecule has 0 aliphatic heterocycles. The predicted octanol–water partition coefficient (Wildman–Crippen LogP) is 13.4. The quantitative estimate of drug-likeness (QED) is 0.184. The molecule has 0 atom stereocenters. The van der Waals surface area contributed by atoms with Crippen LogP contribution in [0.1, 0.15) is 25.0 Å². The summed E-state index contributed by atoms with van der Waals surface area (Å²) in [6.45, 7) is 4.69. The molecule has 0 fully saturated rings. The highest BCUT2D eigenvalue weighted by molar-refractivity contribution is 6.30. The molecule has 240 valence electrons. The van der Waals surface area contributed by atoms with Crippen molar-refractivity contribution in [2.45, 2.75) is 19.3 Å². The normalized spacial score (nSPS) is 13.5. The maximum Gasteiger partial charge on any atom is 0.0548 e. The summed E-state index contributed by atoms with van der Waals surface area (Å²) < 4.78 is 2.48. The number of aromatic nitrogens is 1. The first-order valence-electron chi connectivity index (χ1n) is 17.9. The van der Waals surface area contributed by atoms with Crippen molar-refractivity contribution in [3.63, 3.8) is 0 Å². The number of hydrogen-bond acceptors (Lipinski definition) is 1. The minimum Gasteiger partial charge on any atom is -0.310 e. The molecular weight excluding hydrogens is 617 g/mol. The van der Waals surface area contributed by atoms with E-state index < -0.39 is 0 Å². The van der Waals surface area contributed by atoms with E-state index >= 15 is 0 Å². The highest BCUT2D eigenvalue weighted by Crippen LogP contribution is 2.52. The molecule has 0 saturated carbocycles. The van der Waals surface area contributed by atoms with Crippen LogP contribution in [0.5, 0.6) is 0 Å². The van der Waals surface area contributed by atoms with Gasteiger partial charge in [0, 0.05) is 38.9 Å². The summed E-state index contributed by atoms with van der Waals surface area (Å²) in [7, 11) is 0. The smallest absolute Gasteiger partial charge is 0.0548 e. The van der Waals surface area contributed by atoms with Crippen molar-refractivity contribution in [1.82, 2.24) is 4.57 Å². The van der Waals surface area contributed by atoms with E-state index in [4.69, 9.17) is 0 Å². The van der Waals surface area contributed by atoms with Gasteiger partial charge in [-0.15, -0.1) is 0 Å². The zero-order valence-corrected chi connectivity index (χ0v) is 28.6. The van der Waals surface area contributed by atoms with Gasteiger partial charge in [-0.25, -0.2) is 0 Å². The van der Waals surface area contributed by atoms with Crippen molar-refractivity contribution in [2.24, 2.45) is 0 Å². The molecule has 1 aromatic heterocycles. The fourth-order valence-electron chi connectivity index (χ4n) is 9.25. The Morgan fingerprint density at radius 3 is 1.82 bits per heavy atom. The molecule has 2 heteroatoms. The first-order valence-corrected chi connectivity index (χ1v) is 17.9. The molecular formula is C49H34N2. The summed E-state index contributed by atoms with van der Waals surface area (Å²) in [5, 5.41) is 5.26. The van der Waals surface area contributed by atoms with Gasteiger partial charge in [0.05, 0.1) is 11.0 Å². The van der Waals surface area contributed by atoms with Crippen LogP contribution in [0, 0.1) is 0 Å². The first kappa shape index (κ1) is 28.5. The number of rotatable bonds is 4. The Bertz CT molecular complexity index is 2890. The third-order valence-corrected chi connectivity index (χ3v) is 11.5. The molecule has 0 bridgehead atoms. The van der Waals surface area contributed by atoms with E-state index in [0.29, 0.717) is 0 Å². The SMILES string of the molecule is CC1(C)c2ccccc2-c2cc(N(c3ccccc3)c3cccc(-n4c5cccc6c5c5c7c(cccc7ccc54)-c4ccccc4-6)c3)ccc21. The number of hydrogen-bond donors (Lipinski definition) is 0. The minimum atomic E-state index is -0.0372. The van der Waals surface area contributed by atoms with Crippen LogP contribution in [0.15, 0.2) is 170 Å².